The molecule has 2 saturated carbocycles. The maximum absolute atomic E-state index is 12.9. The van der Waals surface area contributed by atoms with E-state index in [1.54, 1.807) is 0 Å². The molecule has 0 N–H and O–H groups in total. The normalized spacial score (nSPS) is 42.9. The van der Waals surface area contributed by atoms with Crippen LogP contribution < -0.4 is 0 Å². The van der Waals surface area contributed by atoms with E-state index in [4.69, 9.17) is 0 Å². The van der Waals surface area contributed by atoms with Crippen molar-refractivity contribution in [1.82, 2.24) is 0 Å². The topological polar surface area (TPSA) is 0 Å². The third kappa shape index (κ3) is 1.69. The lowest BCUT2D eigenvalue weighted by atomic mass is 9.73. The number of hydrogen-bond donors (Lipinski definition) is 0. The van der Waals surface area contributed by atoms with Crippen molar-refractivity contribution in [3.63, 3.8) is 0 Å². The van der Waals surface area contributed by atoms with Gasteiger partial charge < -0.3 is 0 Å². The van der Waals surface area contributed by atoms with Gasteiger partial charge in [0.1, 0.15) is 0 Å². The van der Waals surface area contributed by atoms with Crippen LogP contribution >= 0.6 is 0 Å². The van der Waals surface area contributed by atoms with Crippen molar-refractivity contribution >= 4 is 0 Å². The van der Waals surface area contributed by atoms with Crippen LogP contribution in [0.4, 0.5) is 8.78 Å². The fraction of sp³-hybridized carbons (Fsp3) is 1.00. The van der Waals surface area contributed by atoms with Crippen LogP contribution in [0.2, 0.25) is 0 Å². The Morgan fingerprint density at radius 2 is 1.69 bits per heavy atom. The second-order valence-electron chi connectivity index (χ2n) is 6.59. The van der Waals surface area contributed by atoms with Gasteiger partial charge in [-0.3, -0.25) is 0 Å². The van der Waals surface area contributed by atoms with Crippen LogP contribution in [0.5, 0.6) is 0 Å². The molecule has 0 aliphatic heterocycles. The van der Waals surface area contributed by atoms with E-state index in [0.29, 0.717) is 23.7 Å². The summed E-state index contributed by atoms with van der Waals surface area (Å²) in [6.07, 6.45) is 0.918. The van der Waals surface area contributed by atoms with E-state index < -0.39 is 6.43 Å². The van der Waals surface area contributed by atoms with Gasteiger partial charge in [-0.05, 0) is 48.3 Å². The smallest absolute Gasteiger partial charge is 0.210 e. The molecule has 16 heavy (non-hydrogen) atoms. The summed E-state index contributed by atoms with van der Waals surface area (Å²) >= 11 is 0. The SMILES string of the molecule is CC(C)C1CCC2(CC2C(F)F)C1C(C)C. The van der Waals surface area contributed by atoms with Crippen molar-refractivity contribution in [3.05, 3.63) is 0 Å². The zero-order valence-electron chi connectivity index (χ0n) is 10.8. The Kier molecular flexibility index (Phi) is 3.05. The maximum Gasteiger partial charge on any atom is 0.242 e. The van der Waals surface area contributed by atoms with E-state index >= 15 is 0 Å². The quantitative estimate of drug-likeness (QED) is 0.665. The van der Waals surface area contributed by atoms with Crippen LogP contribution in [0.15, 0.2) is 0 Å². The third-order valence-electron chi connectivity index (χ3n) is 5.13. The van der Waals surface area contributed by atoms with Crippen LogP contribution in [0.25, 0.3) is 0 Å². The summed E-state index contributed by atoms with van der Waals surface area (Å²) < 4.78 is 25.8. The summed E-state index contributed by atoms with van der Waals surface area (Å²) in [5, 5.41) is 0. The molecule has 4 atom stereocenters. The number of hydrogen-bond acceptors (Lipinski definition) is 0. The molecule has 4 unspecified atom stereocenters. The molecule has 0 aromatic rings. The fourth-order valence-corrected chi connectivity index (χ4v) is 4.48. The van der Waals surface area contributed by atoms with Gasteiger partial charge in [0.25, 0.3) is 0 Å². The monoisotopic (exact) mass is 230 g/mol. The van der Waals surface area contributed by atoms with Crippen molar-refractivity contribution in [1.29, 1.82) is 0 Å². The molecule has 0 aromatic carbocycles. The summed E-state index contributed by atoms with van der Waals surface area (Å²) in [4.78, 5) is 0. The standard InChI is InChI=1S/C14H24F2/c1-8(2)10-5-6-14(12(10)9(3)4)7-11(14)13(15)16/h8-13H,5-7H2,1-4H3. The molecule has 2 aliphatic carbocycles. The minimum atomic E-state index is -2.09. The molecule has 0 bridgehead atoms. The lowest BCUT2D eigenvalue weighted by molar-refractivity contribution is 0.0773. The first-order valence-electron chi connectivity index (χ1n) is 6.68. The van der Waals surface area contributed by atoms with Crippen LogP contribution in [-0.4, -0.2) is 6.43 Å². The molecule has 1 spiro atoms. The minimum Gasteiger partial charge on any atom is -0.210 e. The molecule has 2 rings (SSSR count). The fourth-order valence-electron chi connectivity index (χ4n) is 4.48. The molecule has 94 valence electrons. The molecule has 2 aliphatic rings. The van der Waals surface area contributed by atoms with E-state index in [-0.39, 0.29) is 11.3 Å². The Hall–Kier alpha value is -0.140. The van der Waals surface area contributed by atoms with Crippen LogP contribution in [0.1, 0.15) is 47.0 Å². The largest absolute Gasteiger partial charge is 0.242 e. The van der Waals surface area contributed by atoms with Crippen molar-refractivity contribution in [3.8, 4) is 0 Å². The van der Waals surface area contributed by atoms with Crippen LogP contribution in [0, 0.1) is 35.0 Å². The molecule has 0 saturated heterocycles. The van der Waals surface area contributed by atoms with Crippen molar-refractivity contribution in [2.45, 2.75) is 53.4 Å². The van der Waals surface area contributed by atoms with E-state index in [0.717, 1.165) is 12.8 Å². The zero-order valence-corrected chi connectivity index (χ0v) is 10.8. The third-order valence-corrected chi connectivity index (χ3v) is 5.13. The molecule has 0 heterocycles. The van der Waals surface area contributed by atoms with Gasteiger partial charge >= 0.3 is 0 Å². The zero-order chi connectivity index (χ0) is 12.1. The molecule has 2 fully saturated rings. The van der Waals surface area contributed by atoms with E-state index in [2.05, 4.69) is 27.7 Å². The molecule has 2 heteroatoms. The molecule has 0 radical (unpaired) electrons. The summed E-state index contributed by atoms with van der Waals surface area (Å²) in [7, 11) is 0. The highest BCUT2D eigenvalue weighted by atomic mass is 19.3. The van der Waals surface area contributed by atoms with Gasteiger partial charge in [-0.15, -0.1) is 0 Å². The average molecular weight is 230 g/mol. The molecule has 0 aromatic heterocycles. The van der Waals surface area contributed by atoms with Crippen LogP contribution in [-0.2, 0) is 0 Å². The van der Waals surface area contributed by atoms with Crippen molar-refractivity contribution in [2.75, 3.05) is 0 Å². The van der Waals surface area contributed by atoms with Gasteiger partial charge in [0, 0.05) is 5.92 Å². The predicted octanol–water partition coefficient (Wildman–Crippen LogP) is 4.60. The lowest BCUT2D eigenvalue weighted by Crippen LogP contribution is -2.27. The minimum absolute atomic E-state index is 0.0251. The van der Waals surface area contributed by atoms with Gasteiger partial charge in [0.05, 0.1) is 0 Å². The maximum atomic E-state index is 12.9. The lowest BCUT2D eigenvalue weighted by Gasteiger charge is -2.31. The summed E-state index contributed by atoms with van der Waals surface area (Å²) in [5.74, 6) is 2.11. The van der Waals surface area contributed by atoms with Gasteiger partial charge in [0.2, 0.25) is 6.43 Å². The van der Waals surface area contributed by atoms with E-state index in [9.17, 15) is 8.78 Å². The Balaban J connectivity index is 2.17. The Morgan fingerprint density at radius 1 is 1.06 bits per heavy atom. The van der Waals surface area contributed by atoms with Gasteiger partial charge in [-0.25, -0.2) is 8.78 Å². The van der Waals surface area contributed by atoms with E-state index in [1.807, 2.05) is 0 Å². The van der Waals surface area contributed by atoms with Gasteiger partial charge in [-0.1, -0.05) is 27.7 Å². The van der Waals surface area contributed by atoms with Gasteiger partial charge in [0.15, 0.2) is 0 Å². The van der Waals surface area contributed by atoms with Crippen molar-refractivity contribution in [2.24, 2.45) is 35.0 Å². The first kappa shape index (κ1) is 12.3. The number of alkyl halides is 2. The summed E-state index contributed by atoms with van der Waals surface area (Å²) in [6.45, 7) is 8.93. The predicted molar refractivity (Wildman–Crippen MR) is 62.4 cm³/mol. The first-order valence-corrected chi connectivity index (χ1v) is 6.68. The first-order chi connectivity index (χ1) is 7.40. The Bertz CT molecular complexity index is 259. The number of rotatable bonds is 3. The number of halogens is 2. The highest BCUT2D eigenvalue weighted by Crippen LogP contribution is 2.71. The van der Waals surface area contributed by atoms with E-state index in [1.165, 1.54) is 6.42 Å². The highest BCUT2D eigenvalue weighted by Gasteiger charge is 2.66. The van der Waals surface area contributed by atoms with Crippen LogP contribution in [0.3, 0.4) is 0 Å². The molecular weight excluding hydrogens is 206 g/mol. The molecule has 0 amide bonds. The van der Waals surface area contributed by atoms with Crippen molar-refractivity contribution < 1.29 is 8.78 Å². The summed E-state index contributed by atoms with van der Waals surface area (Å²) in [5.41, 5.74) is 0.0251. The second kappa shape index (κ2) is 3.96. The Morgan fingerprint density at radius 3 is 2.06 bits per heavy atom. The molecular formula is C14H24F2. The highest BCUT2D eigenvalue weighted by molar-refractivity contribution is 5.13. The second-order valence-corrected chi connectivity index (χ2v) is 6.59. The Labute approximate surface area is 97.8 Å². The van der Waals surface area contributed by atoms with Gasteiger partial charge in [-0.2, -0.15) is 0 Å². The average Bonchev–Trinajstić information content (AvgIpc) is 2.70. The molecule has 0 nitrogen and oxygen atoms in total. The summed E-state index contributed by atoms with van der Waals surface area (Å²) in [6, 6.07) is 0.